The molecule has 0 bridgehead atoms. The molecule has 2 fully saturated rings. The highest BCUT2D eigenvalue weighted by Crippen LogP contribution is 2.46. The predicted octanol–water partition coefficient (Wildman–Crippen LogP) is 2.32. The average Bonchev–Trinajstić information content (AvgIpc) is 2.58. The summed E-state index contributed by atoms with van der Waals surface area (Å²) in [6, 6.07) is 0. The summed E-state index contributed by atoms with van der Waals surface area (Å²) < 4.78 is 6.17. The monoisotopic (exact) mass is 197 g/mol. The Morgan fingerprint density at radius 2 is 2.00 bits per heavy atom. The van der Waals surface area contributed by atoms with Crippen LogP contribution in [0, 0.1) is 11.8 Å². The number of nitrogens with two attached hydrogens (primary N) is 1. The predicted molar refractivity (Wildman–Crippen MR) is 58.1 cm³/mol. The van der Waals surface area contributed by atoms with E-state index in [-0.39, 0.29) is 5.60 Å². The van der Waals surface area contributed by atoms with E-state index in [4.69, 9.17) is 10.5 Å². The molecule has 0 unspecified atom stereocenters. The Hall–Kier alpha value is -0.0800. The van der Waals surface area contributed by atoms with Gasteiger partial charge in [-0.2, -0.15) is 0 Å². The molecule has 0 amide bonds. The summed E-state index contributed by atoms with van der Waals surface area (Å²) in [7, 11) is 0. The molecule has 0 aromatic heterocycles. The van der Waals surface area contributed by atoms with Gasteiger partial charge in [0.1, 0.15) is 0 Å². The van der Waals surface area contributed by atoms with Gasteiger partial charge in [0, 0.05) is 6.54 Å². The van der Waals surface area contributed by atoms with Crippen molar-refractivity contribution < 1.29 is 4.74 Å². The Labute approximate surface area is 87.2 Å². The number of hydrogen-bond acceptors (Lipinski definition) is 2. The van der Waals surface area contributed by atoms with Gasteiger partial charge in [0.05, 0.1) is 11.7 Å². The minimum atomic E-state index is 0.205. The van der Waals surface area contributed by atoms with Gasteiger partial charge in [-0.25, -0.2) is 0 Å². The highest BCUT2D eigenvalue weighted by atomic mass is 16.5. The fraction of sp³-hybridized carbons (Fsp3) is 1.00. The third-order valence-electron chi connectivity index (χ3n) is 4.27. The quantitative estimate of drug-likeness (QED) is 0.700. The fourth-order valence-corrected chi connectivity index (χ4v) is 3.24. The maximum absolute atomic E-state index is 6.17. The van der Waals surface area contributed by atoms with Crippen LogP contribution in [0.5, 0.6) is 0 Å². The molecule has 1 heterocycles. The molecule has 1 saturated carbocycles. The van der Waals surface area contributed by atoms with Gasteiger partial charge in [0.25, 0.3) is 0 Å². The maximum atomic E-state index is 6.17. The van der Waals surface area contributed by atoms with Crippen LogP contribution >= 0.6 is 0 Å². The molecule has 0 radical (unpaired) electrons. The van der Waals surface area contributed by atoms with Crippen LogP contribution in [0.1, 0.15) is 46.0 Å². The van der Waals surface area contributed by atoms with Crippen LogP contribution in [0.25, 0.3) is 0 Å². The van der Waals surface area contributed by atoms with Crippen molar-refractivity contribution in [2.24, 2.45) is 17.6 Å². The molecule has 1 spiro atoms. The summed E-state index contributed by atoms with van der Waals surface area (Å²) in [5.74, 6) is 1.61. The molecule has 1 saturated heterocycles. The van der Waals surface area contributed by atoms with Crippen molar-refractivity contribution in [3.63, 3.8) is 0 Å². The second-order valence-electron chi connectivity index (χ2n) is 5.36. The molecule has 4 atom stereocenters. The molecular weight excluding hydrogens is 174 g/mol. The van der Waals surface area contributed by atoms with Crippen molar-refractivity contribution in [2.75, 3.05) is 6.54 Å². The van der Waals surface area contributed by atoms with Gasteiger partial charge >= 0.3 is 0 Å². The Balaban J connectivity index is 2.02. The van der Waals surface area contributed by atoms with Crippen LogP contribution in [0.2, 0.25) is 0 Å². The Morgan fingerprint density at radius 1 is 1.29 bits per heavy atom. The zero-order valence-electron chi connectivity index (χ0n) is 9.46. The first-order valence-electron chi connectivity index (χ1n) is 6.04. The number of ether oxygens (including phenoxy) is 1. The summed E-state index contributed by atoms with van der Waals surface area (Å²) in [5, 5.41) is 0. The van der Waals surface area contributed by atoms with E-state index in [0.717, 1.165) is 11.8 Å². The lowest BCUT2D eigenvalue weighted by atomic mass is 9.71. The molecule has 1 aliphatic heterocycles. The zero-order valence-corrected chi connectivity index (χ0v) is 9.46. The van der Waals surface area contributed by atoms with Crippen LogP contribution < -0.4 is 5.73 Å². The lowest BCUT2D eigenvalue weighted by Gasteiger charge is -2.41. The van der Waals surface area contributed by atoms with Crippen LogP contribution in [-0.2, 0) is 4.74 Å². The van der Waals surface area contributed by atoms with E-state index in [1.54, 1.807) is 0 Å². The third-order valence-corrected chi connectivity index (χ3v) is 4.27. The van der Waals surface area contributed by atoms with Crippen LogP contribution in [0.4, 0.5) is 0 Å². The van der Waals surface area contributed by atoms with Gasteiger partial charge in [-0.3, -0.25) is 0 Å². The first-order chi connectivity index (χ1) is 6.66. The molecule has 2 rings (SSSR count). The highest BCUT2D eigenvalue weighted by Gasteiger charge is 2.46. The normalized spacial score (nSPS) is 48.6. The van der Waals surface area contributed by atoms with Crippen LogP contribution in [0.15, 0.2) is 0 Å². The Bertz CT molecular complexity index is 206. The van der Waals surface area contributed by atoms with Crippen molar-refractivity contribution in [2.45, 2.75) is 57.7 Å². The molecule has 2 heteroatoms. The van der Waals surface area contributed by atoms with Crippen molar-refractivity contribution in [3.05, 3.63) is 0 Å². The van der Waals surface area contributed by atoms with Crippen LogP contribution in [0.3, 0.4) is 0 Å². The molecule has 2 nitrogen and oxygen atoms in total. The van der Waals surface area contributed by atoms with E-state index in [1.165, 1.54) is 32.1 Å². The third kappa shape index (κ3) is 1.70. The lowest BCUT2D eigenvalue weighted by Crippen LogP contribution is -2.42. The van der Waals surface area contributed by atoms with E-state index < -0.39 is 0 Å². The fourth-order valence-electron chi connectivity index (χ4n) is 3.24. The summed E-state index contributed by atoms with van der Waals surface area (Å²) in [4.78, 5) is 0. The van der Waals surface area contributed by atoms with E-state index in [9.17, 15) is 0 Å². The minimum absolute atomic E-state index is 0.205. The van der Waals surface area contributed by atoms with Crippen molar-refractivity contribution in [3.8, 4) is 0 Å². The topological polar surface area (TPSA) is 35.2 Å². The highest BCUT2D eigenvalue weighted by molar-refractivity contribution is 4.96. The molecular formula is C12H23NO. The van der Waals surface area contributed by atoms with E-state index in [2.05, 4.69) is 13.8 Å². The molecule has 2 N–H and O–H groups in total. The summed E-state index contributed by atoms with van der Waals surface area (Å²) in [6.45, 7) is 5.41. The smallest absolute Gasteiger partial charge is 0.0713 e. The molecule has 0 aromatic carbocycles. The van der Waals surface area contributed by atoms with Crippen molar-refractivity contribution in [1.29, 1.82) is 0 Å². The zero-order chi connectivity index (χ0) is 10.2. The van der Waals surface area contributed by atoms with Gasteiger partial charge in [0.15, 0.2) is 0 Å². The Morgan fingerprint density at radius 3 is 2.57 bits per heavy atom. The molecule has 0 aromatic rings. The lowest BCUT2D eigenvalue weighted by molar-refractivity contribution is -0.0999. The average molecular weight is 197 g/mol. The maximum Gasteiger partial charge on any atom is 0.0713 e. The summed E-state index contributed by atoms with van der Waals surface area (Å²) in [6.07, 6.45) is 6.67. The SMILES string of the molecule is C[C@@H]1CC[C@]2(CC[C@H](CN)O2)[C@@H](C)C1. The second kappa shape index (κ2) is 3.82. The largest absolute Gasteiger partial charge is 0.370 e. The molecule has 82 valence electrons. The van der Waals surface area contributed by atoms with Gasteiger partial charge < -0.3 is 10.5 Å². The van der Waals surface area contributed by atoms with Gasteiger partial charge in [-0.1, -0.05) is 13.8 Å². The Kier molecular flexibility index (Phi) is 2.85. The first kappa shape index (κ1) is 10.4. The van der Waals surface area contributed by atoms with Gasteiger partial charge in [-0.05, 0) is 43.9 Å². The second-order valence-corrected chi connectivity index (χ2v) is 5.36. The van der Waals surface area contributed by atoms with Crippen molar-refractivity contribution in [1.82, 2.24) is 0 Å². The van der Waals surface area contributed by atoms with Crippen LogP contribution in [-0.4, -0.2) is 18.2 Å². The van der Waals surface area contributed by atoms with E-state index >= 15 is 0 Å². The molecule has 2 aliphatic rings. The first-order valence-corrected chi connectivity index (χ1v) is 6.04. The minimum Gasteiger partial charge on any atom is -0.370 e. The summed E-state index contributed by atoms with van der Waals surface area (Å²) in [5.41, 5.74) is 5.88. The van der Waals surface area contributed by atoms with E-state index in [0.29, 0.717) is 12.6 Å². The van der Waals surface area contributed by atoms with Gasteiger partial charge in [0.2, 0.25) is 0 Å². The number of rotatable bonds is 1. The summed E-state index contributed by atoms with van der Waals surface area (Å²) >= 11 is 0. The standard InChI is InChI=1S/C12H23NO/c1-9-3-5-12(10(2)7-9)6-4-11(8-13)14-12/h9-11H,3-8,13H2,1-2H3/t9-,10+,11-,12+/m1/s1. The van der Waals surface area contributed by atoms with Crippen molar-refractivity contribution >= 4 is 0 Å². The molecule has 14 heavy (non-hydrogen) atoms. The van der Waals surface area contributed by atoms with E-state index in [1.807, 2.05) is 0 Å². The molecule has 1 aliphatic carbocycles. The number of hydrogen-bond donors (Lipinski definition) is 1. The van der Waals surface area contributed by atoms with Gasteiger partial charge in [-0.15, -0.1) is 0 Å².